The lowest BCUT2D eigenvalue weighted by Gasteiger charge is -2.11. The van der Waals surface area contributed by atoms with Crippen molar-refractivity contribution in [2.75, 3.05) is 0 Å². The topological polar surface area (TPSA) is 20.2 Å². The fourth-order valence-electron chi connectivity index (χ4n) is 3.06. The zero-order valence-electron chi connectivity index (χ0n) is 12.6. The molecule has 1 nitrogen and oxygen atoms in total. The average Bonchev–Trinajstić information content (AvgIpc) is 2.63. The van der Waals surface area contributed by atoms with E-state index in [2.05, 4.69) is 30.3 Å². The van der Waals surface area contributed by atoms with Crippen molar-refractivity contribution in [1.29, 1.82) is 0 Å². The maximum Gasteiger partial charge on any atom is 0.131 e. The normalized spacial score (nSPS) is 11.5. The first-order valence-electron chi connectivity index (χ1n) is 7.70. The molecule has 0 aliphatic carbocycles. The quantitative estimate of drug-likeness (QED) is 0.362. The van der Waals surface area contributed by atoms with Gasteiger partial charge in [0.25, 0.3) is 0 Å². The molecule has 23 heavy (non-hydrogen) atoms. The molecule has 1 heteroatoms. The molecule has 110 valence electrons. The van der Waals surface area contributed by atoms with Crippen LogP contribution in [0.25, 0.3) is 33.7 Å². The maximum atomic E-state index is 10.8. The molecule has 1 N–H and O–H groups in total. The molecule has 0 aliphatic heterocycles. The van der Waals surface area contributed by atoms with Crippen molar-refractivity contribution in [2.45, 2.75) is 0 Å². The molecule has 0 bridgehead atoms. The van der Waals surface area contributed by atoms with Gasteiger partial charge in [0.1, 0.15) is 5.75 Å². The van der Waals surface area contributed by atoms with Crippen LogP contribution in [0.2, 0.25) is 0 Å². The summed E-state index contributed by atoms with van der Waals surface area (Å²) < 4.78 is 0. The first kappa shape index (κ1) is 13.6. The van der Waals surface area contributed by atoms with E-state index in [1.807, 2.05) is 60.7 Å². The van der Waals surface area contributed by atoms with Crippen molar-refractivity contribution in [3.63, 3.8) is 0 Å². The van der Waals surface area contributed by atoms with Crippen LogP contribution in [-0.2, 0) is 0 Å². The minimum Gasteiger partial charge on any atom is -0.507 e. The van der Waals surface area contributed by atoms with Crippen LogP contribution >= 0.6 is 0 Å². The van der Waals surface area contributed by atoms with Gasteiger partial charge in [-0.15, -0.1) is 0 Å². The number of phenolic OH excluding ortho intramolecular Hbond substituents is 1. The highest BCUT2D eigenvalue weighted by atomic mass is 16.3. The van der Waals surface area contributed by atoms with Gasteiger partial charge in [-0.25, -0.2) is 0 Å². The van der Waals surface area contributed by atoms with Crippen molar-refractivity contribution >= 4 is 33.7 Å². The number of phenols is 1. The van der Waals surface area contributed by atoms with Crippen molar-refractivity contribution in [1.82, 2.24) is 0 Å². The van der Waals surface area contributed by atoms with Crippen molar-refractivity contribution in [2.24, 2.45) is 0 Å². The summed E-state index contributed by atoms with van der Waals surface area (Å²) >= 11 is 0. The van der Waals surface area contributed by atoms with Gasteiger partial charge in [-0.3, -0.25) is 0 Å². The highest BCUT2D eigenvalue weighted by molar-refractivity contribution is 6.14. The van der Waals surface area contributed by atoms with Crippen LogP contribution in [0.3, 0.4) is 0 Å². The molecule has 0 saturated carbocycles. The SMILES string of the molecule is Oc1c(/C=C/c2ccccc2)c2ccccc2c2ccccc12. The number of aromatic hydroxyl groups is 1. The lowest BCUT2D eigenvalue weighted by Crippen LogP contribution is -1.84. The summed E-state index contributed by atoms with van der Waals surface area (Å²) in [6.45, 7) is 0. The third-order valence-electron chi connectivity index (χ3n) is 4.19. The predicted molar refractivity (Wildman–Crippen MR) is 98.5 cm³/mol. The summed E-state index contributed by atoms with van der Waals surface area (Å²) in [5.41, 5.74) is 1.98. The van der Waals surface area contributed by atoms with Crippen molar-refractivity contribution < 1.29 is 5.11 Å². The van der Waals surface area contributed by atoms with Crippen molar-refractivity contribution in [3.8, 4) is 5.75 Å². The van der Waals surface area contributed by atoms with Crippen LogP contribution in [0.5, 0.6) is 5.75 Å². The Morgan fingerprint density at radius 1 is 0.522 bits per heavy atom. The minimum absolute atomic E-state index is 0.339. The molecule has 0 radical (unpaired) electrons. The van der Waals surface area contributed by atoms with Crippen LogP contribution in [0.1, 0.15) is 11.1 Å². The van der Waals surface area contributed by atoms with E-state index < -0.39 is 0 Å². The first-order valence-corrected chi connectivity index (χ1v) is 7.70. The molecular weight excluding hydrogens is 280 g/mol. The highest BCUT2D eigenvalue weighted by Gasteiger charge is 2.10. The van der Waals surface area contributed by atoms with E-state index in [9.17, 15) is 5.11 Å². The van der Waals surface area contributed by atoms with E-state index in [1.165, 1.54) is 0 Å². The second-order valence-corrected chi connectivity index (χ2v) is 5.60. The third-order valence-corrected chi connectivity index (χ3v) is 4.19. The van der Waals surface area contributed by atoms with Crippen LogP contribution in [0.4, 0.5) is 0 Å². The number of benzene rings is 4. The molecule has 0 fully saturated rings. The summed E-state index contributed by atoms with van der Waals surface area (Å²) in [5.74, 6) is 0.339. The van der Waals surface area contributed by atoms with Crippen LogP contribution in [-0.4, -0.2) is 5.11 Å². The van der Waals surface area contributed by atoms with Crippen molar-refractivity contribution in [3.05, 3.63) is 90.0 Å². The van der Waals surface area contributed by atoms with Gasteiger partial charge in [0.15, 0.2) is 0 Å². The van der Waals surface area contributed by atoms with Gasteiger partial charge in [-0.05, 0) is 21.7 Å². The number of hydrogen-bond acceptors (Lipinski definition) is 1. The molecule has 0 atom stereocenters. The van der Waals surface area contributed by atoms with Crippen LogP contribution in [0, 0.1) is 0 Å². The molecule has 0 saturated heterocycles. The van der Waals surface area contributed by atoms with E-state index in [0.717, 1.165) is 32.7 Å². The number of hydrogen-bond donors (Lipinski definition) is 1. The first-order chi connectivity index (χ1) is 11.3. The fourth-order valence-corrected chi connectivity index (χ4v) is 3.06. The van der Waals surface area contributed by atoms with E-state index in [0.29, 0.717) is 5.75 Å². The summed E-state index contributed by atoms with van der Waals surface area (Å²) in [4.78, 5) is 0. The Hall–Kier alpha value is -3.06. The molecule has 0 aliphatic rings. The Bertz CT molecular complexity index is 1010. The summed E-state index contributed by atoms with van der Waals surface area (Å²) in [5, 5.41) is 15.0. The largest absolute Gasteiger partial charge is 0.507 e. The zero-order valence-corrected chi connectivity index (χ0v) is 12.6. The molecule has 0 amide bonds. The summed E-state index contributed by atoms with van der Waals surface area (Å²) in [6, 6.07) is 26.3. The van der Waals surface area contributed by atoms with Gasteiger partial charge in [0.2, 0.25) is 0 Å². The second-order valence-electron chi connectivity index (χ2n) is 5.60. The monoisotopic (exact) mass is 296 g/mol. The average molecular weight is 296 g/mol. The Morgan fingerprint density at radius 2 is 1.04 bits per heavy atom. The Labute approximate surface area is 135 Å². The molecule has 0 heterocycles. The van der Waals surface area contributed by atoms with Gasteiger partial charge in [-0.2, -0.15) is 0 Å². The fraction of sp³-hybridized carbons (Fsp3) is 0. The van der Waals surface area contributed by atoms with Crippen LogP contribution in [0.15, 0.2) is 78.9 Å². The lowest BCUT2D eigenvalue weighted by molar-refractivity contribution is 0.481. The van der Waals surface area contributed by atoms with E-state index in [1.54, 1.807) is 0 Å². The molecule has 4 aromatic rings. The molecule has 4 aromatic carbocycles. The minimum atomic E-state index is 0.339. The van der Waals surface area contributed by atoms with E-state index >= 15 is 0 Å². The Kier molecular flexibility index (Phi) is 3.32. The molecule has 4 rings (SSSR count). The third kappa shape index (κ3) is 2.36. The smallest absolute Gasteiger partial charge is 0.131 e. The summed E-state index contributed by atoms with van der Waals surface area (Å²) in [7, 11) is 0. The van der Waals surface area contributed by atoms with Gasteiger partial charge in [0.05, 0.1) is 0 Å². The van der Waals surface area contributed by atoms with Crippen LogP contribution < -0.4 is 0 Å². The zero-order chi connectivity index (χ0) is 15.6. The molecule has 0 aromatic heterocycles. The lowest BCUT2D eigenvalue weighted by atomic mass is 9.95. The second kappa shape index (κ2) is 5.62. The Morgan fingerprint density at radius 3 is 1.74 bits per heavy atom. The predicted octanol–water partition coefficient (Wildman–Crippen LogP) is 5.87. The highest BCUT2D eigenvalue weighted by Crippen LogP contribution is 2.38. The van der Waals surface area contributed by atoms with Gasteiger partial charge < -0.3 is 5.11 Å². The van der Waals surface area contributed by atoms with Gasteiger partial charge in [-0.1, -0.05) is 91.0 Å². The van der Waals surface area contributed by atoms with E-state index in [4.69, 9.17) is 0 Å². The summed E-state index contributed by atoms with van der Waals surface area (Å²) in [6.07, 6.45) is 4.04. The molecule has 0 spiro atoms. The van der Waals surface area contributed by atoms with Gasteiger partial charge >= 0.3 is 0 Å². The standard InChI is InChI=1S/C22H16O/c23-22-20-13-7-6-11-18(20)17-10-4-5-12-19(17)21(22)15-14-16-8-2-1-3-9-16/h1-15,23H/b15-14+. The van der Waals surface area contributed by atoms with Gasteiger partial charge in [0, 0.05) is 10.9 Å². The van der Waals surface area contributed by atoms with E-state index in [-0.39, 0.29) is 0 Å². The molecule has 0 unspecified atom stereocenters. The Balaban J connectivity index is 2.01. The maximum absolute atomic E-state index is 10.8. The number of rotatable bonds is 2. The number of fused-ring (bicyclic) bond motifs is 3. The molecular formula is C22H16O.